The minimum Gasteiger partial charge on any atom is -0.349 e. The van der Waals surface area contributed by atoms with Crippen molar-refractivity contribution in [1.29, 1.82) is 0 Å². The van der Waals surface area contributed by atoms with E-state index in [1.165, 1.54) is 12.8 Å². The highest BCUT2D eigenvalue weighted by atomic mass is 35.5. The Bertz CT molecular complexity index is 309. The summed E-state index contributed by atoms with van der Waals surface area (Å²) in [5.74, 6) is 1.81. The maximum absolute atomic E-state index is 12.2. The summed E-state index contributed by atoms with van der Waals surface area (Å²) in [6.45, 7) is 6.93. The molecule has 0 aromatic rings. The van der Waals surface area contributed by atoms with Gasteiger partial charge in [-0.25, -0.2) is 0 Å². The first-order valence-electron chi connectivity index (χ1n) is 7.24. The van der Waals surface area contributed by atoms with Gasteiger partial charge < -0.3 is 5.32 Å². The molecule has 0 aromatic heterocycles. The molecule has 0 spiro atoms. The molecule has 0 unspecified atom stereocenters. The summed E-state index contributed by atoms with van der Waals surface area (Å²) in [5.41, 5.74) is 0.342. The number of carbonyl (C=O) groups is 1. The van der Waals surface area contributed by atoms with Crippen LogP contribution in [0.2, 0.25) is 0 Å². The first kappa shape index (κ1) is 14.2. The van der Waals surface area contributed by atoms with Crippen molar-refractivity contribution < 1.29 is 4.79 Å². The van der Waals surface area contributed by atoms with E-state index in [0.717, 1.165) is 31.6 Å². The molecule has 3 heteroatoms. The van der Waals surface area contributed by atoms with Crippen molar-refractivity contribution in [3.8, 4) is 0 Å². The van der Waals surface area contributed by atoms with E-state index < -0.39 is 0 Å². The number of nitrogens with one attached hydrogen (secondary N) is 1. The lowest BCUT2D eigenvalue weighted by Gasteiger charge is -2.36. The van der Waals surface area contributed by atoms with Gasteiger partial charge in [0.25, 0.3) is 0 Å². The number of hydrogen-bond acceptors (Lipinski definition) is 1. The van der Waals surface area contributed by atoms with E-state index in [0.29, 0.717) is 11.3 Å². The fraction of sp³-hybridized carbons (Fsp3) is 0.933. The highest BCUT2D eigenvalue weighted by Crippen LogP contribution is 2.41. The molecular weight excluding hydrogens is 246 g/mol. The molecule has 2 fully saturated rings. The van der Waals surface area contributed by atoms with Crippen molar-refractivity contribution in [3.05, 3.63) is 0 Å². The normalized spacial score (nSPS) is 30.9. The molecule has 0 saturated heterocycles. The molecule has 0 aliphatic heterocycles. The quantitative estimate of drug-likeness (QED) is 0.779. The van der Waals surface area contributed by atoms with Gasteiger partial charge in [0.15, 0.2) is 0 Å². The van der Waals surface area contributed by atoms with Gasteiger partial charge in [0.1, 0.15) is 0 Å². The summed E-state index contributed by atoms with van der Waals surface area (Å²) in [6, 6.07) is 0. The van der Waals surface area contributed by atoms with Gasteiger partial charge in [-0.15, -0.1) is 11.6 Å². The van der Waals surface area contributed by atoms with Gasteiger partial charge in [0.2, 0.25) is 5.91 Å². The molecule has 2 rings (SSSR count). The zero-order valence-electron chi connectivity index (χ0n) is 11.9. The molecule has 2 nitrogen and oxygen atoms in total. The third-order valence-corrected chi connectivity index (χ3v) is 5.33. The minimum absolute atomic E-state index is 0.0421. The van der Waals surface area contributed by atoms with Gasteiger partial charge in [0, 0.05) is 11.8 Å². The highest BCUT2D eigenvalue weighted by molar-refractivity contribution is 6.19. The molecule has 104 valence electrons. The molecular formula is C15H26ClNO. The van der Waals surface area contributed by atoms with Crippen LogP contribution in [0.25, 0.3) is 0 Å². The average Bonchev–Trinajstić information content (AvgIpc) is 3.08. The number of amides is 1. The second-order valence-corrected chi connectivity index (χ2v) is 7.59. The first-order chi connectivity index (χ1) is 8.36. The van der Waals surface area contributed by atoms with Gasteiger partial charge in [-0.05, 0) is 49.9 Å². The van der Waals surface area contributed by atoms with E-state index in [4.69, 9.17) is 11.6 Å². The van der Waals surface area contributed by atoms with Gasteiger partial charge in [-0.2, -0.15) is 0 Å². The zero-order chi connectivity index (χ0) is 13.4. The molecule has 0 bridgehead atoms. The second kappa shape index (κ2) is 5.03. The maximum atomic E-state index is 12.2. The number of halogens is 1. The van der Waals surface area contributed by atoms with Crippen molar-refractivity contribution in [2.45, 2.75) is 64.8 Å². The van der Waals surface area contributed by atoms with E-state index in [-0.39, 0.29) is 17.4 Å². The van der Waals surface area contributed by atoms with Crippen LogP contribution in [0, 0.1) is 17.3 Å². The summed E-state index contributed by atoms with van der Waals surface area (Å²) in [5, 5.41) is 3.17. The molecule has 0 aromatic carbocycles. The molecule has 0 radical (unpaired) electrons. The Kier molecular flexibility index (Phi) is 3.96. The molecule has 0 heterocycles. The van der Waals surface area contributed by atoms with E-state index in [1.54, 1.807) is 0 Å². The van der Waals surface area contributed by atoms with Gasteiger partial charge in [-0.1, -0.05) is 20.8 Å². The van der Waals surface area contributed by atoms with Crippen LogP contribution in [0.5, 0.6) is 0 Å². The van der Waals surface area contributed by atoms with Crippen LogP contribution in [0.3, 0.4) is 0 Å². The molecule has 0 atom stereocenters. The molecule has 18 heavy (non-hydrogen) atoms. The summed E-state index contributed by atoms with van der Waals surface area (Å²) < 4.78 is 0. The fourth-order valence-corrected chi connectivity index (χ4v) is 3.36. The van der Waals surface area contributed by atoms with E-state index in [1.807, 2.05) is 0 Å². The zero-order valence-corrected chi connectivity index (χ0v) is 12.6. The van der Waals surface area contributed by atoms with E-state index in [2.05, 4.69) is 26.1 Å². The molecule has 1 N–H and O–H groups in total. The predicted octanol–water partition coefficient (Wildman–Crippen LogP) is 3.73. The van der Waals surface area contributed by atoms with Crippen LogP contribution in [-0.4, -0.2) is 17.3 Å². The SMILES string of the molecule is CC(C)(C)C1CCC(C(=O)NC2(CCl)CC2)CC1. The van der Waals surface area contributed by atoms with Crippen molar-refractivity contribution in [2.75, 3.05) is 5.88 Å². The Morgan fingerprint density at radius 3 is 2.17 bits per heavy atom. The molecule has 2 aliphatic carbocycles. The third-order valence-electron chi connectivity index (χ3n) is 4.82. The summed E-state index contributed by atoms with van der Waals surface area (Å²) >= 11 is 5.91. The monoisotopic (exact) mass is 271 g/mol. The fourth-order valence-electron chi connectivity index (χ4n) is 3.03. The van der Waals surface area contributed by atoms with Crippen molar-refractivity contribution in [2.24, 2.45) is 17.3 Å². The van der Waals surface area contributed by atoms with Crippen LogP contribution in [0.15, 0.2) is 0 Å². The molecule has 1 amide bonds. The Hall–Kier alpha value is -0.240. The minimum atomic E-state index is -0.0421. The van der Waals surface area contributed by atoms with Gasteiger partial charge in [0.05, 0.1) is 5.54 Å². The second-order valence-electron chi connectivity index (χ2n) is 7.32. The van der Waals surface area contributed by atoms with E-state index >= 15 is 0 Å². The van der Waals surface area contributed by atoms with Crippen LogP contribution in [0.1, 0.15) is 59.3 Å². The van der Waals surface area contributed by atoms with Gasteiger partial charge >= 0.3 is 0 Å². The molecule has 2 aliphatic rings. The number of rotatable bonds is 3. The summed E-state index contributed by atoms with van der Waals surface area (Å²) in [7, 11) is 0. The third kappa shape index (κ3) is 3.20. The number of alkyl halides is 1. The van der Waals surface area contributed by atoms with Crippen molar-refractivity contribution in [3.63, 3.8) is 0 Å². The Morgan fingerprint density at radius 1 is 1.22 bits per heavy atom. The van der Waals surface area contributed by atoms with Crippen LogP contribution in [0.4, 0.5) is 0 Å². The number of hydrogen-bond donors (Lipinski definition) is 1. The number of carbonyl (C=O) groups excluding carboxylic acids is 1. The van der Waals surface area contributed by atoms with Crippen molar-refractivity contribution >= 4 is 17.5 Å². The average molecular weight is 272 g/mol. The standard InChI is InChI=1S/C15H26ClNO/c1-14(2,3)12-6-4-11(5-7-12)13(18)17-15(10-16)8-9-15/h11-12H,4-10H2,1-3H3,(H,17,18). The first-order valence-corrected chi connectivity index (χ1v) is 7.78. The summed E-state index contributed by atoms with van der Waals surface area (Å²) in [4.78, 5) is 12.2. The van der Waals surface area contributed by atoms with Gasteiger partial charge in [-0.3, -0.25) is 4.79 Å². The van der Waals surface area contributed by atoms with Crippen LogP contribution in [-0.2, 0) is 4.79 Å². The van der Waals surface area contributed by atoms with Crippen molar-refractivity contribution in [1.82, 2.24) is 5.32 Å². The Balaban J connectivity index is 1.81. The lowest BCUT2D eigenvalue weighted by molar-refractivity contribution is -0.127. The smallest absolute Gasteiger partial charge is 0.223 e. The Morgan fingerprint density at radius 2 is 1.78 bits per heavy atom. The predicted molar refractivity (Wildman–Crippen MR) is 75.7 cm³/mol. The Labute approximate surface area is 116 Å². The van der Waals surface area contributed by atoms with Crippen LogP contribution >= 0.6 is 11.6 Å². The highest BCUT2D eigenvalue weighted by Gasteiger charge is 2.44. The summed E-state index contributed by atoms with van der Waals surface area (Å²) in [6.07, 6.45) is 6.59. The lowest BCUT2D eigenvalue weighted by atomic mass is 9.69. The topological polar surface area (TPSA) is 29.1 Å². The van der Waals surface area contributed by atoms with E-state index in [9.17, 15) is 4.79 Å². The lowest BCUT2D eigenvalue weighted by Crippen LogP contribution is -2.43. The van der Waals surface area contributed by atoms with Crippen LogP contribution < -0.4 is 5.32 Å². The largest absolute Gasteiger partial charge is 0.349 e. The molecule has 2 saturated carbocycles. The maximum Gasteiger partial charge on any atom is 0.223 e.